The molecule has 0 fully saturated rings. The Hall–Kier alpha value is -4.15. The fraction of sp³-hybridized carbons (Fsp3) is 0.125. The summed E-state index contributed by atoms with van der Waals surface area (Å²) >= 11 is 0. The summed E-state index contributed by atoms with van der Waals surface area (Å²) in [5.74, 6) is 6.09. The summed E-state index contributed by atoms with van der Waals surface area (Å²) in [6, 6.07) is 15.9. The van der Waals surface area contributed by atoms with Crippen molar-refractivity contribution in [1.82, 2.24) is 14.7 Å². The quantitative estimate of drug-likeness (QED) is 0.484. The van der Waals surface area contributed by atoms with E-state index in [1.54, 1.807) is 37.5 Å². The largest absolute Gasteiger partial charge is 0.478 e. The molecule has 0 unspecified atom stereocenters. The molecule has 4 aromatic rings. The fourth-order valence-electron chi connectivity index (χ4n) is 3.16. The van der Waals surface area contributed by atoms with Gasteiger partial charge in [0, 0.05) is 35.2 Å². The monoisotopic (exact) mass is 413 g/mol. The third kappa shape index (κ3) is 4.55. The van der Waals surface area contributed by atoms with Crippen molar-refractivity contribution in [2.45, 2.75) is 19.6 Å². The molecule has 0 amide bonds. The van der Waals surface area contributed by atoms with Crippen molar-refractivity contribution in [3.05, 3.63) is 95.2 Å². The summed E-state index contributed by atoms with van der Waals surface area (Å²) in [6.45, 7) is 2.11. The summed E-state index contributed by atoms with van der Waals surface area (Å²) in [5.41, 5.74) is 2.96. The third-order valence-electron chi connectivity index (χ3n) is 4.68. The highest BCUT2D eigenvalue weighted by atomic mass is 16.5. The molecule has 0 bridgehead atoms. The number of hydrogen-bond acceptors (Lipinski definition) is 5. The fourth-order valence-corrected chi connectivity index (χ4v) is 3.16. The van der Waals surface area contributed by atoms with Crippen molar-refractivity contribution in [3.8, 4) is 23.2 Å². The Bertz CT molecular complexity index is 1270. The molecule has 0 aliphatic rings. The predicted octanol–water partition coefficient (Wildman–Crippen LogP) is 3.74. The molecule has 31 heavy (non-hydrogen) atoms. The number of rotatable bonds is 5. The highest BCUT2D eigenvalue weighted by Gasteiger charge is 2.12. The molecular formula is C24H19N3O4. The smallest absolute Gasteiger partial charge is 0.336 e. The van der Waals surface area contributed by atoms with E-state index in [0.29, 0.717) is 29.4 Å². The maximum atomic E-state index is 11.3. The molecule has 2 aromatic heterocycles. The van der Waals surface area contributed by atoms with Crippen LogP contribution in [0.1, 0.15) is 46.0 Å². The highest BCUT2D eigenvalue weighted by Crippen LogP contribution is 2.22. The molecular weight excluding hydrogens is 394 g/mol. The molecule has 0 radical (unpaired) electrons. The molecule has 7 nitrogen and oxygen atoms in total. The highest BCUT2D eigenvalue weighted by molar-refractivity contribution is 5.90. The number of aromatic nitrogens is 3. The van der Waals surface area contributed by atoms with Gasteiger partial charge in [0.15, 0.2) is 5.76 Å². The van der Waals surface area contributed by atoms with Crippen LogP contribution in [0, 0.1) is 11.8 Å². The number of aromatic carboxylic acids is 1. The van der Waals surface area contributed by atoms with Gasteiger partial charge in [-0.1, -0.05) is 29.1 Å². The molecule has 2 heterocycles. The second kappa shape index (κ2) is 8.69. The van der Waals surface area contributed by atoms with Gasteiger partial charge in [-0.2, -0.15) is 0 Å². The zero-order chi connectivity index (χ0) is 21.8. The Balaban J connectivity index is 1.50. The average molecular weight is 413 g/mol. The first kappa shape index (κ1) is 20.1. The Morgan fingerprint density at radius 2 is 1.94 bits per heavy atom. The van der Waals surface area contributed by atoms with Gasteiger partial charge in [0.1, 0.15) is 17.6 Å². The van der Waals surface area contributed by atoms with E-state index in [4.69, 9.17) is 4.52 Å². The molecule has 4 rings (SSSR count). The molecule has 154 valence electrons. The molecule has 1 atom stereocenters. The lowest BCUT2D eigenvalue weighted by Crippen LogP contribution is -2.07. The summed E-state index contributed by atoms with van der Waals surface area (Å²) in [7, 11) is 0. The van der Waals surface area contributed by atoms with Crippen molar-refractivity contribution in [3.63, 3.8) is 0 Å². The van der Waals surface area contributed by atoms with E-state index in [1.165, 1.54) is 6.07 Å². The molecule has 0 saturated heterocycles. The van der Waals surface area contributed by atoms with E-state index in [9.17, 15) is 15.0 Å². The minimum atomic E-state index is -1.00. The minimum Gasteiger partial charge on any atom is -0.478 e. The Labute approximate surface area is 178 Å². The van der Waals surface area contributed by atoms with Crippen molar-refractivity contribution in [2.75, 3.05) is 0 Å². The van der Waals surface area contributed by atoms with Crippen molar-refractivity contribution in [2.24, 2.45) is 0 Å². The van der Waals surface area contributed by atoms with Gasteiger partial charge in [0.05, 0.1) is 12.1 Å². The lowest BCUT2D eigenvalue weighted by atomic mass is 10.1. The molecule has 0 aliphatic heterocycles. The lowest BCUT2D eigenvalue weighted by molar-refractivity contribution is 0.0696. The number of benzene rings is 2. The van der Waals surface area contributed by atoms with Crippen LogP contribution in [-0.2, 0) is 6.54 Å². The number of carbonyl (C=O) groups is 1. The number of carboxylic acid groups (broad SMARTS) is 1. The Morgan fingerprint density at radius 1 is 1.16 bits per heavy atom. The summed E-state index contributed by atoms with van der Waals surface area (Å²) in [4.78, 5) is 15.4. The van der Waals surface area contributed by atoms with Crippen LogP contribution < -0.4 is 0 Å². The number of nitrogens with zero attached hydrogens (tertiary/aromatic N) is 3. The van der Waals surface area contributed by atoms with Crippen LogP contribution in [0.2, 0.25) is 0 Å². The topological polar surface area (TPSA) is 101 Å². The van der Waals surface area contributed by atoms with E-state index in [2.05, 4.69) is 22.0 Å². The van der Waals surface area contributed by atoms with Gasteiger partial charge in [-0.15, -0.1) is 0 Å². The number of hydrogen-bond donors (Lipinski definition) is 2. The number of imidazole rings is 1. The van der Waals surface area contributed by atoms with Crippen LogP contribution in [-0.4, -0.2) is 30.9 Å². The number of aliphatic hydroxyl groups is 1. The summed E-state index contributed by atoms with van der Waals surface area (Å²) in [5, 5.41) is 23.1. The molecule has 7 heteroatoms. The zero-order valence-corrected chi connectivity index (χ0v) is 16.7. The number of carboxylic acids is 1. The normalized spacial score (nSPS) is 11.5. The molecule has 0 saturated carbocycles. The first-order valence-corrected chi connectivity index (χ1v) is 9.61. The van der Waals surface area contributed by atoms with Gasteiger partial charge in [-0.25, -0.2) is 9.78 Å². The second-order valence-corrected chi connectivity index (χ2v) is 6.95. The van der Waals surface area contributed by atoms with Crippen molar-refractivity contribution < 1.29 is 19.5 Å². The van der Waals surface area contributed by atoms with Crippen molar-refractivity contribution in [1.29, 1.82) is 0 Å². The molecule has 2 aromatic carbocycles. The van der Waals surface area contributed by atoms with Gasteiger partial charge in [-0.3, -0.25) is 0 Å². The molecule has 2 N–H and O–H groups in total. The average Bonchev–Trinajstić information content (AvgIpc) is 3.43. The SMILES string of the molecule is C[C@H](O)c1nccn1Cc1cc(-c2ccc(C#Cc3ccccc3C(=O)O)cc2)on1. The van der Waals surface area contributed by atoms with Gasteiger partial charge >= 0.3 is 5.97 Å². The van der Waals surface area contributed by atoms with E-state index in [0.717, 1.165) is 11.1 Å². The maximum absolute atomic E-state index is 11.3. The number of aliphatic hydroxyl groups excluding tert-OH is 1. The van der Waals surface area contributed by atoms with Crippen LogP contribution >= 0.6 is 0 Å². The zero-order valence-electron chi connectivity index (χ0n) is 16.7. The summed E-state index contributed by atoms with van der Waals surface area (Å²) < 4.78 is 7.28. The standard InChI is InChI=1S/C24H19N3O4/c1-16(28)23-25-12-13-27(23)15-20-14-22(31-26-20)19-10-7-17(8-11-19)6-9-18-4-2-3-5-21(18)24(29)30/h2-5,7-8,10-14,16,28H,15H2,1H3,(H,29,30)/t16-/m0/s1. The Morgan fingerprint density at radius 3 is 2.68 bits per heavy atom. The van der Waals surface area contributed by atoms with Gasteiger partial charge < -0.3 is 19.3 Å². The van der Waals surface area contributed by atoms with E-state index < -0.39 is 12.1 Å². The lowest BCUT2D eigenvalue weighted by Gasteiger charge is -2.07. The molecule has 0 aliphatic carbocycles. The van der Waals surface area contributed by atoms with Crippen molar-refractivity contribution >= 4 is 5.97 Å². The third-order valence-corrected chi connectivity index (χ3v) is 4.68. The van der Waals surface area contributed by atoms with Crippen LogP contribution in [0.5, 0.6) is 0 Å². The minimum absolute atomic E-state index is 0.178. The van der Waals surface area contributed by atoms with E-state index >= 15 is 0 Å². The van der Waals surface area contributed by atoms with Gasteiger partial charge in [-0.05, 0) is 43.3 Å². The molecule has 0 spiro atoms. The maximum Gasteiger partial charge on any atom is 0.336 e. The summed E-state index contributed by atoms with van der Waals surface area (Å²) in [6.07, 6.45) is 2.75. The second-order valence-electron chi connectivity index (χ2n) is 6.95. The van der Waals surface area contributed by atoms with Crippen LogP contribution in [0.15, 0.2) is 71.5 Å². The Kier molecular flexibility index (Phi) is 5.65. The van der Waals surface area contributed by atoms with Crippen LogP contribution in [0.25, 0.3) is 11.3 Å². The predicted molar refractivity (Wildman–Crippen MR) is 113 cm³/mol. The first-order valence-electron chi connectivity index (χ1n) is 9.61. The van der Waals surface area contributed by atoms with Crippen LogP contribution in [0.4, 0.5) is 0 Å². The van der Waals surface area contributed by atoms with Crippen LogP contribution in [0.3, 0.4) is 0 Å². The van der Waals surface area contributed by atoms with Gasteiger partial charge in [0.2, 0.25) is 0 Å². The van der Waals surface area contributed by atoms with Gasteiger partial charge in [0.25, 0.3) is 0 Å². The first-order chi connectivity index (χ1) is 15.0. The van der Waals surface area contributed by atoms with E-state index in [1.807, 2.05) is 34.9 Å². The van der Waals surface area contributed by atoms with E-state index in [-0.39, 0.29) is 5.56 Å².